The predicted octanol–water partition coefficient (Wildman–Crippen LogP) is 2.42. The zero-order chi connectivity index (χ0) is 21.7. The Balaban J connectivity index is 1.20. The summed E-state index contributed by atoms with van der Waals surface area (Å²) in [5.41, 5.74) is 10.1. The van der Waals surface area contributed by atoms with Gasteiger partial charge in [0, 0.05) is 44.5 Å². The Morgan fingerprint density at radius 1 is 1.03 bits per heavy atom. The highest BCUT2D eigenvalue weighted by Crippen LogP contribution is 2.28. The summed E-state index contributed by atoms with van der Waals surface area (Å²) < 4.78 is 7.06. The zero-order valence-corrected chi connectivity index (χ0v) is 18.2. The van der Waals surface area contributed by atoms with Crippen LogP contribution in [-0.4, -0.2) is 56.2 Å². The number of pyridine rings is 1. The molecule has 164 valence electrons. The van der Waals surface area contributed by atoms with E-state index < -0.39 is 0 Å². The smallest absolute Gasteiger partial charge is 0.223 e. The number of benzene rings is 1. The fourth-order valence-electron chi connectivity index (χ4n) is 4.79. The van der Waals surface area contributed by atoms with Crippen LogP contribution in [0.15, 0.2) is 30.3 Å². The molecule has 1 fully saturated rings. The van der Waals surface area contributed by atoms with Crippen LogP contribution in [0.2, 0.25) is 0 Å². The molecule has 2 N–H and O–H groups in total. The van der Waals surface area contributed by atoms with Crippen LogP contribution < -0.4 is 15.4 Å². The molecule has 5 heterocycles. The summed E-state index contributed by atoms with van der Waals surface area (Å²) in [4.78, 5) is 19.0. The number of ether oxygens (including phenoxy) is 1. The molecule has 1 saturated heterocycles. The highest BCUT2D eigenvalue weighted by molar-refractivity contribution is 5.95. The summed E-state index contributed by atoms with van der Waals surface area (Å²) in [6.45, 7) is 4.89. The second-order valence-electron chi connectivity index (χ2n) is 8.52. The number of nitrogens with two attached hydrogens (primary N) is 1. The summed E-state index contributed by atoms with van der Waals surface area (Å²) in [6.07, 6.45) is 3.26. The minimum absolute atomic E-state index is 0.308. The molecule has 0 amide bonds. The van der Waals surface area contributed by atoms with E-state index in [1.165, 1.54) is 24.1 Å². The molecule has 3 aromatic heterocycles. The predicted molar refractivity (Wildman–Crippen MR) is 123 cm³/mol. The first-order chi connectivity index (χ1) is 15.7. The van der Waals surface area contributed by atoms with Crippen molar-refractivity contribution >= 4 is 28.3 Å². The van der Waals surface area contributed by atoms with Crippen LogP contribution in [0.25, 0.3) is 16.6 Å². The fraction of sp³-hybridized carbons (Fsp3) is 0.391. The summed E-state index contributed by atoms with van der Waals surface area (Å²) in [5, 5.41) is 5.50. The van der Waals surface area contributed by atoms with Crippen molar-refractivity contribution in [3.05, 3.63) is 47.4 Å². The number of rotatable bonds is 5. The Kier molecular flexibility index (Phi) is 4.57. The largest absolute Gasteiger partial charge is 0.494 e. The Bertz CT molecular complexity index is 1310. The first kappa shape index (κ1) is 19.2. The Hall–Kier alpha value is -3.46. The third kappa shape index (κ3) is 3.20. The van der Waals surface area contributed by atoms with Crippen LogP contribution in [-0.2, 0) is 19.5 Å². The molecule has 4 aromatic rings. The molecule has 9 heteroatoms. The van der Waals surface area contributed by atoms with Crippen LogP contribution in [0.1, 0.15) is 29.9 Å². The normalized spacial score (nSPS) is 16.3. The quantitative estimate of drug-likeness (QED) is 0.516. The van der Waals surface area contributed by atoms with Crippen molar-refractivity contribution in [2.75, 3.05) is 37.4 Å². The maximum atomic E-state index is 6.17. The number of aromatic nitrogens is 5. The summed E-state index contributed by atoms with van der Waals surface area (Å²) in [7, 11) is 1.63. The number of hydrogen-bond acceptors (Lipinski definition) is 8. The number of nitrogen functional groups attached to an aromatic ring is 1. The molecule has 0 aliphatic carbocycles. The maximum Gasteiger partial charge on any atom is 0.223 e. The van der Waals surface area contributed by atoms with Gasteiger partial charge >= 0.3 is 0 Å². The Morgan fingerprint density at radius 2 is 1.91 bits per heavy atom. The third-order valence-electron chi connectivity index (χ3n) is 6.46. The molecule has 2 aliphatic rings. The van der Waals surface area contributed by atoms with E-state index in [2.05, 4.69) is 32.0 Å². The second kappa shape index (κ2) is 7.59. The lowest BCUT2D eigenvalue weighted by atomic mass is 10.2. The van der Waals surface area contributed by atoms with E-state index in [0.29, 0.717) is 22.9 Å². The third-order valence-corrected chi connectivity index (χ3v) is 6.46. The van der Waals surface area contributed by atoms with Crippen molar-refractivity contribution in [3.63, 3.8) is 0 Å². The minimum atomic E-state index is 0.308. The molecule has 0 bridgehead atoms. The molecule has 32 heavy (non-hydrogen) atoms. The fourth-order valence-corrected chi connectivity index (χ4v) is 4.79. The van der Waals surface area contributed by atoms with E-state index in [9.17, 15) is 0 Å². The van der Waals surface area contributed by atoms with Crippen LogP contribution in [0, 0.1) is 0 Å². The summed E-state index contributed by atoms with van der Waals surface area (Å²) >= 11 is 0. The Morgan fingerprint density at radius 3 is 2.75 bits per heavy atom. The van der Waals surface area contributed by atoms with Crippen molar-refractivity contribution in [1.29, 1.82) is 0 Å². The van der Waals surface area contributed by atoms with Crippen LogP contribution in [0.4, 0.5) is 11.8 Å². The first-order valence-electron chi connectivity index (χ1n) is 11.1. The maximum absolute atomic E-state index is 6.17. The number of nitrogens with zero attached hydrogens (tertiary/aromatic N) is 7. The molecule has 0 spiro atoms. The SMILES string of the molecule is COc1cccc2c1nc(N)n1nc(CCN3Cc4ccc(N5CCCC5)nc4C3)nc21. The molecule has 0 atom stereocenters. The highest BCUT2D eigenvalue weighted by Gasteiger charge is 2.23. The second-order valence-corrected chi connectivity index (χ2v) is 8.52. The monoisotopic (exact) mass is 430 g/mol. The van der Waals surface area contributed by atoms with Gasteiger partial charge in [-0.2, -0.15) is 4.52 Å². The van der Waals surface area contributed by atoms with Crippen molar-refractivity contribution in [2.45, 2.75) is 32.4 Å². The van der Waals surface area contributed by atoms with Crippen molar-refractivity contribution in [1.82, 2.24) is 29.5 Å². The van der Waals surface area contributed by atoms with Gasteiger partial charge in [-0.15, -0.1) is 5.10 Å². The zero-order valence-electron chi connectivity index (χ0n) is 18.2. The number of fused-ring (bicyclic) bond motifs is 4. The van der Waals surface area contributed by atoms with Gasteiger partial charge in [-0.25, -0.2) is 15.0 Å². The topological polar surface area (TPSA) is 97.7 Å². The van der Waals surface area contributed by atoms with Crippen molar-refractivity contribution in [2.24, 2.45) is 0 Å². The lowest BCUT2D eigenvalue weighted by Gasteiger charge is -2.16. The van der Waals surface area contributed by atoms with E-state index >= 15 is 0 Å². The molecule has 6 rings (SSSR count). The van der Waals surface area contributed by atoms with Gasteiger partial charge in [-0.1, -0.05) is 12.1 Å². The summed E-state index contributed by atoms with van der Waals surface area (Å²) in [5.74, 6) is 2.87. The average Bonchev–Trinajstić information content (AvgIpc) is 3.56. The van der Waals surface area contributed by atoms with Crippen LogP contribution in [0.5, 0.6) is 5.75 Å². The Labute approximate surface area is 185 Å². The van der Waals surface area contributed by atoms with Gasteiger partial charge in [0.1, 0.15) is 17.1 Å². The van der Waals surface area contributed by atoms with Gasteiger partial charge < -0.3 is 15.4 Å². The number of anilines is 2. The van der Waals surface area contributed by atoms with E-state index in [0.717, 1.165) is 56.2 Å². The highest BCUT2D eigenvalue weighted by atomic mass is 16.5. The van der Waals surface area contributed by atoms with Gasteiger partial charge in [0.05, 0.1) is 12.8 Å². The van der Waals surface area contributed by atoms with Crippen molar-refractivity contribution in [3.8, 4) is 5.75 Å². The van der Waals surface area contributed by atoms with E-state index in [1.54, 1.807) is 11.6 Å². The number of hydrogen-bond donors (Lipinski definition) is 1. The lowest BCUT2D eigenvalue weighted by Crippen LogP contribution is -2.20. The van der Waals surface area contributed by atoms with Crippen LogP contribution in [0.3, 0.4) is 0 Å². The van der Waals surface area contributed by atoms with Gasteiger partial charge in [-0.3, -0.25) is 4.90 Å². The van der Waals surface area contributed by atoms with Gasteiger partial charge in [0.2, 0.25) is 5.95 Å². The first-order valence-corrected chi connectivity index (χ1v) is 11.1. The number of para-hydroxylation sites is 1. The number of methoxy groups -OCH3 is 1. The minimum Gasteiger partial charge on any atom is -0.494 e. The average molecular weight is 431 g/mol. The van der Waals surface area contributed by atoms with E-state index in [1.807, 2.05) is 18.2 Å². The standard InChI is InChI=1S/C23H26N8O/c1-32-18-6-4-5-16-21(18)27-23(24)31-22(16)26-19(28-31)9-12-29-13-15-7-8-20(25-17(15)14-29)30-10-2-3-11-30/h4-8H,2-3,9-14H2,1H3,(H2,24,27). The van der Waals surface area contributed by atoms with Crippen LogP contribution >= 0.6 is 0 Å². The van der Waals surface area contributed by atoms with E-state index in [4.69, 9.17) is 20.4 Å². The molecule has 0 saturated carbocycles. The molecule has 0 radical (unpaired) electrons. The molecule has 0 unspecified atom stereocenters. The van der Waals surface area contributed by atoms with E-state index in [-0.39, 0.29) is 0 Å². The summed E-state index contributed by atoms with van der Waals surface area (Å²) in [6, 6.07) is 10.2. The lowest BCUT2D eigenvalue weighted by molar-refractivity contribution is 0.284. The molecule has 2 aliphatic heterocycles. The molecule has 9 nitrogen and oxygen atoms in total. The molecular weight excluding hydrogens is 404 g/mol. The van der Waals surface area contributed by atoms with Gasteiger partial charge in [-0.05, 0) is 36.6 Å². The molecule has 1 aromatic carbocycles. The van der Waals surface area contributed by atoms with Gasteiger partial charge in [0.15, 0.2) is 11.5 Å². The van der Waals surface area contributed by atoms with Crippen molar-refractivity contribution < 1.29 is 4.74 Å². The molecular formula is C23H26N8O. The van der Waals surface area contributed by atoms with Gasteiger partial charge in [0.25, 0.3) is 0 Å².